The van der Waals surface area contributed by atoms with E-state index in [0.29, 0.717) is 23.1 Å². The zero-order chi connectivity index (χ0) is 18.8. The Bertz CT molecular complexity index is 988. The number of nitrogens with one attached hydrogen (secondary N) is 3. The SMILES string of the molecule is CC(C)Nc1nc2ccccn2c(=O)c1-c1ccc(NC2CCNC2)cc1. The Balaban J connectivity index is 1.75. The summed E-state index contributed by atoms with van der Waals surface area (Å²) in [5, 5.41) is 10.2. The first kappa shape index (κ1) is 17.5. The number of nitrogens with zero attached hydrogens (tertiary/aromatic N) is 2. The molecular formula is C21H25N5O. The molecule has 3 heterocycles. The molecule has 1 unspecified atom stereocenters. The molecule has 0 aliphatic carbocycles. The minimum Gasteiger partial charge on any atom is -0.381 e. The summed E-state index contributed by atoms with van der Waals surface area (Å²) in [6.07, 6.45) is 2.89. The third-order valence-electron chi connectivity index (χ3n) is 4.76. The molecule has 6 heteroatoms. The maximum absolute atomic E-state index is 13.2. The Morgan fingerprint density at radius 3 is 2.70 bits per heavy atom. The van der Waals surface area contributed by atoms with Crippen LogP contribution in [0.5, 0.6) is 0 Å². The van der Waals surface area contributed by atoms with Gasteiger partial charge in [0.15, 0.2) is 0 Å². The van der Waals surface area contributed by atoms with Crippen LogP contribution in [0.3, 0.4) is 0 Å². The van der Waals surface area contributed by atoms with E-state index in [1.807, 2.05) is 56.3 Å². The standard InChI is InChI=1S/C21H25N5O/c1-14(2)23-20-19(21(27)26-12-4-3-5-18(26)25-20)15-6-8-16(9-7-15)24-17-10-11-22-13-17/h3-9,12,14,17,22-24H,10-11,13H2,1-2H3. The van der Waals surface area contributed by atoms with Gasteiger partial charge in [0.05, 0.1) is 5.56 Å². The fourth-order valence-corrected chi connectivity index (χ4v) is 3.47. The van der Waals surface area contributed by atoms with Crippen LogP contribution in [0.4, 0.5) is 11.5 Å². The molecule has 0 spiro atoms. The number of pyridine rings is 1. The van der Waals surface area contributed by atoms with E-state index < -0.39 is 0 Å². The topological polar surface area (TPSA) is 70.5 Å². The van der Waals surface area contributed by atoms with E-state index in [1.165, 1.54) is 0 Å². The first-order chi connectivity index (χ1) is 13.1. The summed E-state index contributed by atoms with van der Waals surface area (Å²) in [5.41, 5.74) is 3.11. The van der Waals surface area contributed by atoms with Crippen LogP contribution in [0, 0.1) is 0 Å². The van der Waals surface area contributed by atoms with Gasteiger partial charge in [-0.3, -0.25) is 9.20 Å². The Morgan fingerprint density at radius 1 is 1.19 bits per heavy atom. The van der Waals surface area contributed by atoms with Crippen molar-refractivity contribution in [3.63, 3.8) is 0 Å². The quantitative estimate of drug-likeness (QED) is 0.650. The minimum absolute atomic E-state index is 0.0653. The number of hydrogen-bond acceptors (Lipinski definition) is 5. The minimum atomic E-state index is -0.0653. The molecule has 1 saturated heterocycles. The van der Waals surface area contributed by atoms with Gasteiger partial charge >= 0.3 is 0 Å². The Labute approximate surface area is 158 Å². The van der Waals surface area contributed by atoms with Crippen molar-refractivity contribution in [2.75, 3.05) is 23.7 Å². The van der Waals surface area contributed by atoms with Gasteiger partial charge in [0.2, 0.25) is 0 Å². The zero-order valence-electron chi connectivity index (χ0n) is 15.7. The van der Waals surface area contributed by atoms with E-state index in [2.05, 4.69) is 20.9 Å². The molecule has 0 radical (unpaired) electrons. The van der Waals surface area contributed by atoms with Gasteiger partial charge in [-0.15, -0.1) is 0 Å². The highest BCUT2D eigenvalue weighted by Gasteiger charge is 2.17. The van der Waals surface area contributed by atoms with Crippen molar-refractivity contribution in [1.29, 1.82) is 0 Å². The number of aromatic nitrogens is 2. The van der Waals surface area contributed by atoms with Gasteiger partial charge in [-0.25, -0.2) is 4.98 Å². The van der Waals surface area contributed by atoms with Gasteiger partial charge < -0.3 is 16.0 Å². The molecule has 1 aliphatic rings. The molecule has 1 aromatic carbocycles. The third kappa shape index (κ3) is 3.66. The summed E-state index contributed by atoms with van der Waals surface area (Å²) in [4.78, 5) is 17.8. The van der Waals surface area contributed by atoms with Crippen molar-refractivity contribution in [3.05, 3.63) is 59.0 Å². The number of hydrogen-bond donors (Lipinski definition) is 3. The van der Waals surface area contributed by atoms with Crippen LogP contribution in [0.1, 0.15) is 20.3 Å². The molecule has 140 valence electrons. The van der Waals surface area contributed by atoms with Gasteiger partial charge in [0, 0.05) is 30.5 Å². The number of anilines is 2. The molecular weight excluding hydrogens is 338 g/mol. The lowest BCUT2D eigenvalue weighted by Crippen LogP contribution is -2.22. The van der Waals surface area contributed by atoms with Crippen molar-refractivity contribution in [2.45, 2.75) is 32.4 Å². The molecule has 1 aliphatic heterocycles. The highest BCUT2D eigenvalue weighted by atomic mass is 16.1. The van der Waals surface area contributed by atoms with Crippen molar-refractivity contribution in [1.82, 2.24) is 14.7 Å². The molecule has 0 saturated carbocycles. The summed E-state index contributed by atoms with van der Waals surface area (Å²) in [7, 11) is 0. The summed E-state index contributed by atoms with van der Waals surface area (Å²) in [5.74, 6) is 0.627. The second-order valence-corrected chi connectivity index (χ2v) is 7.28. The van der Waals surface area contributed by atoms with Crippen molar-refractivity contribution in [2.24, 2.45) is 0 Å². The fourth-order valence-electron chi connectivity index (χ4n) is 3.47. The second kappa shape index (κ2) is 7.40. The van der Waals surface area contributed by atoms with Gasteiger partial charge in [0.25, 0.3) is 5.56 Å². The van der Waals surface area contributed by atoms with E-state index in [-0.39, 0.29) is 11.6 Å². The monoisotopic (exact) mass is 363 g/mol. The van der Waals surface area contributed by atoms with Crippen LogP contribution in [0.2, 0.25) is 0 Å². The lowest BCUT2D eigenvalue weighted by atomic mass is 10.1. The summed E-state index contributed by atoms with van der Waals surface area (Å²) >= 11 is 0. The Hall–Kier alpha value is -2.86. The molecule has 27 heavy (non-hydrogen) atoms. The van der Waals surface area contributed by atoms with Gasteiger partial charge in [-0.05, 0) is 56.6 Å². The number of rotatable bonds is 5. The van der Waals surface area contributed by atoms with E-state index in [0.717, 1.165) is 30.8 Å². The van der Waals surface area contributed by atoms with Gasteiger partial charge in [0.1, 0.15) is 11.5 Å². The van der Waals surface area contributed by atoms with Gasteiger partial charge in [-0.1, -0.05) is 18.2 Å². The van der Waals surface area contributed by atoms with Gasteiger partial charge in [-0.2, -0.15) is 0 Å². The van der Waals surface area contributed by atoms with Crippen molar-refractivity contribution < 1.29 is 0 Å². The summed E-state index contributed by atoms with van der Waals surface area (Å²) < 4.78 is 1.59. The molecule has 4 rings (SSSR count). The van der Waals surface area contributed by atoms with E-state index in [9.17, 15) is 4.79 Å². The first-order valence-electron chi connectivity index (χ1n) is 9.47. The summed E-state index contributed by atoms with van der Waals surface area (Å²) in [6, 6.07) is 14.3. The summed E-state index contributed by atoms with van der Waals surface area (Å²) in [6.45, 7) is 6.13. The number of benzene rings is 1. The fraction of sp³-hybridized carbons (Fsp3) is 0.333. The molecule has 2 aromatic heterocycles. The third-order valence-corrected chi connectivity index (χ3v) is 4.76. The predicted molar refractivity (Wildman–Crippen MR) is 111 cm³/mol. The smallest absolute Gasteiger partial charge is 0.267 e. The number of fused-ring (bicyclic) bond motifs is 1. The van der Waals surface area contributed by atoms with Crippen molar-refractivity contribution in [3.8, 4) is 11.1 Å². The van der Waals surface area contributed by atoms with Crippen molar-refractivity contribution >= 4 is 17.2 Å². The lowest BCUT2D eigenvalue weighted by Gasteiger charge is -2.16. The average Bonchev–Trinajstić information content (AvgIpc) is 3.16. The highest BCUT2D eigenvalue weighted by Crippen LogP contribution is 2.26. The second-order valence-electron chi connectivity index (χ2n) is 7.28. The van der Waals surface area contributed by atoms with E-state index in [1.54, 1.807) is 10.6 Å². The maximum Gasteiger partial charge on any atom is 0.267 e. The van der Waals surface area contributed by atoms with Crippen LogP contribution >= 0.6 is 0 Å². The Kier molecular flexibility index (Phi) is 4.81. The molecule has 0 amide bonds. The first-order valence-corrected chi connectivity index (χ1v) is 9.47. The molecule has 3 N–H and O–H groups in total. The maximum atomic E-state index is 13.2. The largest absolute Gasteiger partial charge is 0.381 e. The van der Waals surface area contributed by atoms with E-state index in [4.69, 9.17) is 0 Å². The van der Waals surface area contributed by atoms with E-state index >= 15 is 0 Å². The molecule has 3 aromatic rings. The predicted octanol–water partition coefficient (Wildman–Crippen LogP) is 2.96. The Morgan fingerprint density at radius 2 is 2.00 bits per heavy atom. The zero-order valence-corrected chi connectivity index (χ0v) is 15.7. The molecule has 1 atom stereocenters. The average molecular weight is 363 g/mol. The van der Waals surface area contributed by atoms with Crippen LogP contribution in [0.15, 0.2) is 53.5 Å². The molecule has 6 nitrogen and oxygen atoms in total. The van der Waals surface area contributed by atoms with Crippen LogP contribution < -0.4 is 21.5 Å². The van der Waals surface area contributed by atoms with Crippen LogP contribution in [0.25, 0.3) is 16.8 Å². The lowest BCUT2D eigenvalue weighted by molar-refractivity contribution is 0.793. The van der Waals surface area contributed by atoms with Crippen LogP contribution in [-0.4, -0.2) is 34.6 Å². The normalized spacial score (nSPS) is 16.8. The van der Waals surface area contributed by atoms with Crippen LogP contribution in [-0.2, 0) is 0 Å². The molecule has 1 fully saturated rings. The molecule has 0 bridgehead atoms. The highest BCUT2D eigenvalue weighted by molar-refractivity contribution is 5.77.